The Morgan fingerprint density at radius 3 is 2.65 bits per heavy atom. The lowest BCUT2D eigenvalue weighted by molar-refractivity contribution is 0.190. The van der Waals surface area contributed by atoms with E-state index in [2.05, 4.69) is 10.3 Å². The summed E-state index contributed by atoms with van der Waals surface area (Å²) in [6.07, 6.45) is 3.27. The highest BCUT2D eigenvalue weighted by Crippen LogP contribution is 2.20. The van der Waals surface area contributed by atoms with Crippen molar-refractivity contribution in [3.63, 3.8) is 0 Å². The van der Waals surface area contributed by atoms with Gasteiger partial charge in [-0.3, -0.25) is 0 Å². The zero-order valence-corrected chi connectivity index (χ0v) is 12.7. The summed E-state index contributed by atoms with van der Waals surface area (Å²) in [6, 6.07) is 3.41. The van der Waals surface area contributed by atoms with E-state index < -0.39 is 10.0 Å². The Morgan fingerprint density at radius 1 is 1.40 bits per heavy atom. The van der Waals surface area contributed by atoms with Crippen molar-refractivity contribution in [3.05, 3.63) is 18.3 Å². The molecule has 112 valence electrons. The summed E-state index contributed by atoms with van der Waals surface area (Å²) in [4.78, 5) is 4.42. The van der Waals surface area contributed by atoms with Gasteiger partial charge in [-0.2, -0.15) is 4.31 Å². The zero-order chi connectivity index (χ0) is 14.6. The lowest BCUT2D eigenvalue weighted by Gasteiger charge is -2.16. The van der Waals surface area contributed by atoms with Crippen molar-refractivity contribution >= 4 is 15.8 Å². The molecule has 0 aliphatic carbocycles. The Balaban J connectivity index is 2.07. The first-order valence-corrected chi connectivity index (χ1v) is 8.19. The Morgan fingerprint density at radius 2 is 2.10 bits per heavy atom. The maximum atomic E-state index is 12.3. The van der Waals surface area contributed by atoms with E-state index in [-0.39, 0.29) is 10.9 Å². The number of anilines is 1. The standard InChI is InChI=1S/C13H21N3O3S/c1-11(10-19-2)15-13-6-5-12(9-14-13)20(17,18)16-7-3-4-8-16/h5-6,9,11H,3-4,7-8,10H2,1-2H3,(H,14,15). The number of nitrogens with zero attached hydrogens (tertiary/aromatic N) is 2. The highest BCUT2D eigenvalue weighted by Gasteiger charge is 2.27. The van der Waals surface area contributed by atoms with E-state index in [4.69, 9.17) is 4.74 Å². The fourth-order valence-electron chi connectivity index (χ4n) is 2.24. The summed E-state index contributed by atoms with van der Waals surface area (Å²) in [5.74, 6) is 0.648. The van der Waals surface area contributed by atoms with Crippen molar-refractivity contribution in [2.75, 3.05) is 32.1 Å². The zero-order valence-electron chi connectivity index (χ0n) is 11.9. The second-order valence-electron chi connectivity index (χ2n) is 4.99. The van der Waals surface area contributed by atoms with Gasteiger partial charge in [0.2, 0.25) is 10.0 Å². The van der Waals surface area contributed by atoms with Gasteiger partial charge in [-0.25, -0.2) is 13.4 Å². The molecule has 1 N–H and O–H groups in total. The summed E-state index contributed by atoms with van der Waals surface area (Å²) >= 11 is 0. The van der Waals surface area contributed by atoms with Crippen molar-refractivity contribution < 1.29 is 13.2 Å². The van der Waals surface area contributed by atoms with Crippen LogP contribution >= 0.6 is 0 Å². The van der Waals surface area contributed by atoms with E-state index in [0.717, 1.165) is 12.8 Å². The number of methoxy groups -OCH3 is 1. The molecule has 0 amide bonds. The summed E-state index contributed by atoms with van der Waals surface area (Å²) in [7, 11) is -1.74. The third-order valence-corrected chi connectivity index (χ3v) is 5.13. The van der Waals surface area contributed by atoms with Gasteiger partial charge in [-0.05, 0) is 31.9 Å². The van der Waals surface area contributed by atoms with Crippen LogP contribution in [0.5, 0.6) is 0 Å². The Kier molecular flexibility index (Phi) is 4.95. The number of nitrogens with one attached hydrogen (secondary N) is 1. The van der Waals surface area contributed by atoms with Crippen LogP contribution in [0.1, 0.15) is 19.8 Å². The molecule has 0 radical (unpaired) electrons. The first kappa shape index (κ1) is 15.2. The molecule has 6 nitrogen and oxygen atoms in total. The maximum Gasteiger partial charge on any atom is 0.244 e. The molecule has 0 bridgehead atoms. The number of rotatable bonds is 6. The van der Waals surface area contributed by atoms with Crippen LogP contribution in [0.2, 0.25) is 0 Å². The number of aromatic nitrogens is 1. The van der Waals surface area contributed by atoms with Crippen LogP contribution in [0.25, 0.3) is 0 Å². The molecular weight excluding hydrogens is 278 g/mol. The monoisotopic (exact) mass is 299 g/mol. The number of sulfonamides is 1. The topological polar surface area (TPSA) is 71.5 Å². The van der Waals surface area contributed by atoms with Crippen LogP contribution in [0.15, 0.2) is 23.2 Å². The van der Waals surface area contributed by atoms with Gasteiger partial charge in [0.05, 0.1) is 6.61 Å². The summed E-state index contributed by atoms with van der Waals surface area (Å²) in [5.41, 5.74) is 0. The number of ether oxygens (including phenoxy) is 1. The van der Waals surface area contributed by atoms with Crippen molar-refractivity contribution in [1.29, 1.82) is 0 Å². The predicted octanol–water partition coefficient (Wildman–Crippen LogP) is 1.31. The lowest BCUT2D eigenvalue weighted by Crippen LogP contribution is -2.28. The maximum absolute atomic E-state index is 12.3. The molecule has 1 aliphatic rings. The molecule has 0 spiro atoms. The minimum absolute atomic E-state index is 0.119. The predicted molar refractivity (Wildman–Crippen MR) is 77.2 cm³/mol. The Hall–Kier alpha value is -1.18. The third kappa shape index (κ3) is 3.47. The first-order chi connectivity index (χ1) is 9.54. The molecule has 1 aliphatic heterocycles. The van der Waals surface area contributed by atoms with Gasteiger partial charge in [0.25, 0.3) is 0 Å². The van der Waals surface area contributed by atoms with Crippen molar-refractivity contribution in [2.45, 2.75) is 30.7 Å². The van der Waals surface area contributed by atoms with E-state index in [0.29, 0.717) is 25.5 Å². The van der Waals surface area contributed by atoms with Crippen molar-refractivity contribution in [1.82, 2.24) is 9.29 Å². The van der Waals surface area contributed by atoms with Crippen molar-refractivity contribution in [2.24, 2.45) is 0 Å². The Bertz CT molecular complexity index is 524. The van der Waals surface area contributed by atoms with Gasteiger partial charge in [-0.15, -0.1) is 0 Å². The highest BCUT2D eigenvalue weighted by molar-refractivity contribution is 7.89. The highest BCUT2D eigenvalue weighted by atomic mass is 32.2. The average Bonchev–Trinajstić information content (AvgIpc) is 2.94. The normalized spacial score (nSPS) is 18.1. The molecule has 1 saturated heterocycles. The molecule has 7 heteroatoms. The fraction of sp³-hybridized carbons (Fsp3) is 0.615. The summed E-state index contributed by atoms with van der Waals surface area (Å²) < 4.78 is 31.2. The second kappa shape index (κ2) is 6.51. The Labute approximate surface area is 120 Å². The minimum atomic E-state index is -3.38. The summed E-state index contributed by atoms with van der Waals surface area (Å²) in [6.45, 7) is 3.75. The average molecular weight is 299 g/mol. The van der Waals surface area contributed by atoms with Gasteiger partial charge < -0.3 is 10.1 Å². The van der Waals surface area contributed by atoms with Crippen LogP contribution in [-0.4, -0.2) is 50.6 Å². The molecule has 2 heterocycles. The molecule has 1 atom stereocenters. The van der Waals surface area contributed by atoms with Gasteiger partial charge in [-0.1, -0.05) is 0 Å². The van der Waals surface area contributed by atoms with E-state index in [1.165, 1.54) is 10.5 Å². The third-order valence-electron chi connectivity index (χ3n) is 3.25. The van der Waals surface area contributed by atoms with Gasteiger partial charge in [0.15, 0.2) is 0 Å². The van der Waals surface area contributed by atoms with E-state index in [1.807, 2.05) is 6.92 Å². The smallest absolute Gasteiger partial charge is 0.244 e. The molecule has 1 aromatic heterocycles. The van der Waals surface area contributed by atoms with Gasteiger partial charge in [0, 0.05) is 32.4 Å². The number of hydrogen-bond donors (Lipinski definition) is 1. The number of hydrogen-bond acceptors (Lipinski definition) is 5. The summed E-state index contributed by atoms with van der Waals surface area (Å²) in [5, 5.41) is 3.15. The minimum Gasteiger partial charge on any atom is -0.383 e. The molecule has 0 saturated carbocycles. The molecule has 1 unspecified atom stereocenters. The quantitative estimate of drug-likeness (QED) is 0.857. The molecule has 1 fully saturated rings. The van der Waals surface area contributed by atoms with Gasteiger partial charge in [0.1, 0.15) is 10.7 Å². The number of pyridine rings is 1. The fourth-order valence-corrected chi connectivity index (χ4v) is 3.70. The molecular formula is C13H21N3O3S. The van der Waals surface area contributed by atoms with Gasteiger partial charge >= 0.3 is 0 Å². The molecule has 2 rings (SSSR count). The van der Waals surface area contributed by atoms with E-state index in [1.54, 1.807) is 19.2 Å². The van der Waals surface area contributed by atoms with Crippen molar-refractivity contribution in [3.8, 4) is 0 Å². The van der Waals surface area contributed by atoms with Crippen LogP contribution in [0.4, 0.5) is 5.82 Å². The van der Waals surface area contributed by atoms with E-state index in [9.17, 15) is 8.42 Å². The SMILES string of the molecule is COCC(C)Nc1ccc(S(=O)(=O)N2CCCC2)cn1. The van der Waals surface area contributed by atoms with Crippen LogP contribution in [0, 0.1) is 0 Å². The molecule has 20 heavy (non-hydrogen) atoms. The van der Waals surface area contributed by atoms with Crippen LogP contribution in [0.3, 0.4) is 0 Å². The van der Waals surface area contributed by atoms with Crippen LogP contribution < -0.4 is 5.32 Å². The lowest BCUT2D eigenvalue weighted by atomic mass is 10.3. The largest absolute Gasteiger partial charge is 0.383 e. The molecule has 1 aromatic rings. The first-order valence-electron chi connectivity index (χ1n) is 6.75. The van der Waals surface area contributed by atoms with E-state index >= 15 is 0 Å². The second-order valence-corrected chi connectivity index (χ2v) is 6.93. The van der Waals surface area contributed by atoms with Crippen LogP contribution in [-0.2, 0) is 14.8 Å². The molecule has 0 aromatic carbocycles.